The van der Waals surface area contributed by atoms with E-state index in [1.807, 2.05) is 0 Å². The van der Waals surface area contributed by atoms with E-state index in [0.29, 0.717) is 5.41 Å². The van der Waals surface area contributed by atoms with Gasteiger partial charge in [0.05, 0.1) is 0 Å². The first-order valence-electron chi connectivity index (χ1n) is 10.8. The maximum Gasteiger partial charge on any atom is 0.0230 e. The van der Waals surface area contributed by atoms with Gasteiger partial charge in [0, 0.05) is 21.7 Å². The highest BCUT2D eigenvalue weighted by Gasteiger charge is 3.15. The van der Waals surface area contributed by atoms with Crippen LogP contribution in [0.5, 0.6) is 0 Å². The molecular formula is C28H26. The van der Waals surface area contributed by atoms with Crippen LogP contribution in [0.3, 0.4) is 0 Å². The van der Waals surface area contributed by atoms with Crippen LogP contribution in [-0.2, 0) is 21.7 Å². The van der Waals surface area contributed by atoms with E-state index in [0.717, 1.165) is 5.92 Å². The molecule has 3 aromatic rings. The lowest BCUT2D eigenvalue weighted by molar-refractivity contribution is -0.0670. The zero-order valence-corrected chi connectivity index (χ0v) is 16.9. The third-order valence-corrected chi connectivity index (χ3v) is 10.1. The van der Waals surface area contributed by atoms with E-state index in [9.17, 15) is 0 Å². The molecule has 7 rings (SSSR count). The van der Waals surface area contributed by atoms with Crippen LogP contribution in [0.15, 0.2) is 84.9 Å². The minimum absolute atomic E-state index is 0.213. The number of rotatable bonds is 3. The Morgan fingerprint density at radius 1 is 0.643 bits per heavy atom. The molecular weight excluding hydrogens is 336 g/mol. The van der Waals surface area contributed by atoms with Crippen molar-refractivity contribution in [1.82, 2.24) is 0 Å². The molecule has 28 heavy (non-hydrogen) atoms. The smallest absolute Gasteiger partial charge is 0.0230 e. The maximum absolute atomic E-state index is 2.61. The molecule has 0 radical (unpaired) electrons. The van der Waals surface area contributed by atoms with E-state index in [4.69, 9.17) is 0 Å². The van der Waals surface area contributed by atoms with Gasteiger partial charge in [-0.1, -0.05) is 106 Å². The SMILES string of the molecule is CCC12c3ccccc3C3(C)C1C1(C)C3(c3ccccc3)C21c1ccccc1. The molecule has 4 aliphatic carbocycles. The van der Waals surface area contributed by atoms with Gasteiger partial charge in [0.1, 0.15) is 0 Å². The normalized spacial score (nSPS) is 45.5. The van der Waals surface area contributed by atoms with Crippen molar-refractivity contribution >= 4 is 0 Å². The minimum Gasteiger partial charge on any atom is -0.0645 e. The zero-order valence-electron chi connectivity index (χ0n) is 16.9. The fourth-order valence-corrected chi connectivity index (χ4v) is 10.4. The third-order valence-electron chi connectivity index (χ3n) is 10.1. The number of hydrogen-bond acceptors (Lipinski definition) is 0. The molecule has 6 unspecified atom stereocenters. The first kappa shape index (κ1) is 15.6. The fourth-order valence-electron chi connectivity index (χ4n) is 10.4. The second-order valence-corrected chi connectivity index (χ2v) is 9.94. The van der Waals surface area contributed by atoms with Gasteiger partial charge in [0.2, 0.25) is 0 Å². The highest BCUT2D eigenvalue weighted by Crippen LogP contribution is 3.12. The van der Waals surface area contributed by atoms with Crippen molar-refractivity contribution in [3.63, 3.8) is 0 Å². The van der Waals surface area contributed by atoms with Crippen LogP contribution in [0.4, 0.5) is 0 Å². The molecule has 0 spiro atoms. The highest BCUT2D eigenvalue weighted by atomic mass is 15.2. The second kappa shape index (κ2) is 4.15. The zero-order chi connectivity index (χ0) is 19.0. The van der Waals surface area contributed by atoms with Gasteiger partial charge in [-0.3, -0.25) is 0 Å². The first-order valence-corrected chi connectivity index (χ1v) is 10.8. The Morgan fingerprint density at radius 2 is 1.14 bits per heavy atom. The summed E-state index contributed by atoms with van der Waals surface area (Å²) in [6.45, 7) is 7.65. The average molecular weight is 363 g/mol. The molecule has 0 nitrogen and oxygen atoms in total. The van der Waals surface area contributed by atoms with Gasteiger partial charge in [-0.25, -0.2) is 0 Å². The molecule has 138 valence electrons. The van der Waals surface area contributed by atoms with Crippen LogP contribution in [0, 0.1) is 11.3 Å². The van der Waals surface area contributed by atoms with Crippen LogP contribution in [0.1, 0.15) is 49.4 Å². The van der Waals surface area contributed by atoms with Crippen LogP contribution in [0.25, 0.3) is 0 Å². The van der Waals surface area contributed by atoms with Crippen molar-refractivity contribution in [3.05, 3.63) is 107 Å². The van der Waals surface area contributed by atoms with Crippen LogP contribution >= 0.6 is 0 Å². The van der Waals surface area contributed by atoms with Crippen molar-refractivity contribution in [2.45, 2.75) is 48.9 Å². The third kappa shape index (κ3) is 0.957. The molecule has 3 fully saturated rings. The van der Waals surface area contributed by atoms with E-state index in [2.05, 4.69) is 106 Å². The van der Waals surface area contributed by atoms with E-state index >= 15 is 0 Å². The van der Waals surface area contributed by atoms with E-state index in [-0.39, 0.29) is 21.7 Å². The average Bonchev–Trinajstić information content (AvgIpc) is 2.95. The highest BCUT2D eigenvalue weighted by molar-refractivity contribution is 5.86. The Bertz CT molecular complexity index is 1150. The molecule has 0 heteroatoms. The lowest BCUT2D eigenvalue weighted by Crippen LogP contribution is -2.64. The number of hydrogen-bond donors (Lipinski definition) is 0. The van der Waals surface area contributed by atoms with Crippen molar-refractivity contribution in [3.8, 4) is 0 Å². The molecule has 6 atom stereocenters. The Hall–Kier alpha value is -2.34. The molecule has 0 aliphatic heterocycles. The van der Waals surface area contributed by atoms with Gasteiger partial charge in [0.15, 0.2) is 0 Å². The van der Waals surface area contributed by atoms with Crippen LogP contribution < -0.4 is 0 Å². The summed E-state index contributed by atoms with van der Waals surface area (Å²) in [5.41, 5.74) is 7.69. The van der Waals surface area contributed by atoms with Crippen molar-refractivity contribution < 1.29 is 0 Å². The van der Waals surface area contributed by atoms with Crippen molar-refractivity contribution in [1.29, 1.82) is 0 Å². The Labute approximate surface area is 167 Å². The summed E-state index contributed by atoms with van der Waals surface area (Å²) < 4.78 is 0. The largest absolute Gasteiger partial charge is 0.0645 e. The molecule has 0 aromatic heterocycles. The molecule has 3 saturated carbocycles. The van der Waals surface area contributed by atoms with Gasteiger partial charge < -0.3 is 0 Å². The van der Waals surface area contributed by atoms with Crippen molar-refractivity contribution in [2.75, 3.05) is 0 Å². The van der Waals surface area contributed by atoms with Crippen molar-refractivity contribution in [2.24, 2.45) is 11.3 Å². The molecule has 0 heterocycles. The summed E-state index contributed by atoms with van der Waals surface area (Å²) in [7, 11) is 0. The van der Waals surface area contributed by atoms with Crippen LogP contribution in [-0.4, -0.2) is 0 Å². The molecule has 3 aromatic carbocycles. The Morgan fingerprint density at radius 3 is 1.71 bits per heavy atom. The van der Waals surface area contributed by atoms with E-state index in [1.165, 1.54) is 6.42 Å². The monoisotopic (exact) mass is 362 g/mol. The quantitative estimate of drug-likeness (QED) is 0.524. The summed E-state index contributed by atoms with van der Waals surface area (Å²) in [5, 5.41) is 0. The molecule has 0 saturated heterocycles. The molecule has 0 N–H and O–H groups in total. The maximum atomic E-state index is 2.61. The van der Waals surface area contributed by atoms with Crippen LogP contribution in [0.2, 0.25) is 0 Å². The van der Waals surface area contributed by atoms with Gasteiger partial charge in [-0.15, -0.1) is 0 Å². The summed E-state index contributed by atoms with van der Waals surface area (Å²) in [6.07, 6.45) is 1.23. The standard InChI is InChI=1S/C28H26/c1-4-26-22-18-12-11-17-21(22)24(2)23(26)25(3)27(24,19-13-7-5-8-14-19)28(25,26)20-15-9-6-10-16-20/h5-18,23H,4H2,1-3H3. The molecule has 4 aliphatic rings. The van der Waals surface area contributed by atoms with Gasteiger partial charge in [-0.2, -0.15) is 0 Å². The topological polar surface area (TPSA) is 0 Å². The molecule has 0 amide bonds. The lowest BCUT2D eigenvalue weighted by Gasteiger charge is -2.62. The number of fused-ring (bicyclic) bond motifs is 6. The number of benzene rings is 3. The summed E-state index contributed by atoms with van der Waals surface area (Å²) in [4.78, 5) is 0. The predicted octanol–water partition coefficient (Wildman–Crippen LogP) is 6.15. The Kier molecular flexibility index (Phi) is 2.31. The summed E-state index contributed by atoms with van der Waals surface area (Å²) in [5.74, 6) is 0.746. The second-order valence-electron chi connectivity index (χ2n) is 9.94. The molecule has 0 bridgehead atoms. The first-order chi connectivity index (χ1) is 13.6. The van der Waals surface area contributed by atoms with E-state index in [1.54, 1.807) is 22.3 Å². The summed E-state index contributed by atoms with van der Waals surface area (Å²) >= 11 is 0. The summed E-state index contributed by atoms with van der Waals surface area (Å²) in [6, 6.07) is 32.4. The predicted molar refractivity (Wildman–Crippen MR) is 114 cm³/mol. The van der Waals surface area contributed by atoms with Gasteiger partial charge in [0.25, 0.3) is 0 Å². The lowest BCUT2D eigenvalue weighted by atomic mass is 9.39. The van der Waals surface area contributed by atoms with E-state index < -0.39 is 0 Å². The minimum atomic E-state index is 0.213. The Balaban J connectivity index is 1.66. The van der Waals surface area contributed by atoms with Gasteiger partial charge in [-0.05, 0) is 40.0 Å². The fraction of sp³-hybridized carbons (Fsp3) is 0.357. The van der Waals surface area contributed by atoms with Gasteiger partial charge >= 0.3 is 0 Å².